The van der Waals surface area contributed by atoms with Crippen LogP contribution in [0.2, 0.25) is 0 Å². The Bertz CT molecular complexity index is 816. The van der Waals surface area contributed by atoms with E-state index in [0.29, 0.717) is 18.6 Å². The van der Waals surface area contributed by atoms with E-state index < -0.39 is 16.0 Å². The zero-order valence-corrected chi connectivity index (χ0v) is 14.8. The van der Waals surface area contributed by atoms with Gasteiger partial charge >= 0.3 is 5.97 Å². The van der Waals surface area contributed by atoms with E-state index in [4.69, 9.17) is 9.84 Å². The SMILES string of the molecule is COc1cccc(S(=O)(=O)NCCc2ccc(CCC(=O)O)cc2)c1. The number of hydrogen-bond donors (Lipinski definition) is 2. The molecule has 2 aromatic carbocycles. The minimum atomic E-state index is -3.58. The molecule has 0 bridgehead atoms. The van der Waals surface area contributed by atoms with Crippen LogP contribution in [0.15, 0.2) is 53.4 Å². The molecule has 0 heterocycles. The van der Waals surface area contributed by atoms with Crippen molar-refractivity contribution in [3.05, 3.63) is 59.7 Å². The second kappa shape index (κ2) is 8.64. The third-order valence-electron chi connectivity index (χ3n) is 3.71. The third-order valence-corrected chi connectivity index (χ3v) is 5.17. The minimum Gasteiger partial charge on any atom is -0.497 e. The van der Waals surface area contributed by atoms with E-state index in [1.54, 1.807) is 12.1 Å². The lowest BCUT2D eigenvalue weighted by atomic mass is 10.1. The first-order chi connectivity index (χ1) is 11.9. The molecule has 2 rings (SSSR count). The molecule has 0 saturated carbocycles. The van der Waals surface area contributed by atoms with E-state index in [1.165, 1.54) is 19.2 Å². The second-order valence-electron chi connectivity index (χ2n) is 5.54. The summed E-state index contributed by atoms with van der Waals surface area (Å²) in [5, 5.41) is 8.68. The molecule has 6 nitrogen and oxygen atoms in total. The fourth-order valence-electron chi connectivity index (χ4n) is 2.31. The van der Waals surface area contributed by atoms with Gasteiger partial charge in [0.05, 0.1) is 12.0 Å². The smallest absolute Gasteiger partial charge is 0.303 e. The molecule has 134 valence electrons. The first kappa shape index (κ1) is 19.0. The zero-order valence-electron chi connectivity index (χ0n) is 13.9. The number of ether oxygens (including phenoxy) is 1. The van der Waals surface area contributed by atoms with Crippen molar-refractivity contribution in [3.63, 3.8) is 0 Å². The molecule has 2 N–H and O–H groups in total. The Morgan fingerprint density at radius 2 is 1.72 bits per heavy atom. The molecule has 7 heteroatoms. The fourth-order valence-corrected chi connectivity index (χ4v) is 3.37. The summed E-state index contributed by atoms with van der Waals surface area (Å²) in [5.74, 6) is -0.337. The van der Waals surface area contributed by atoms with Gasteiger partial charge in [-0.15, -0.1) is 0 Å². The topological polar surface area (TPSA) is 92.7 Å². The fraction of sp³-hybridized carbons (Fsp3) is 0.278. The number of benzene rings is 2. The number of sulfonamides is 1. The monoisotopic (exact) mass is 363 g/mol. The Kier molecular flexibility index (Phi) is 6.55. The highest BCUT2D eigenvalue weighted by atomic mass is 32.2. The molecule has 0 aliphatic heterocycles. The molecule has 0 fully saturated rings. The van der Waals surface area contributed by atoms with Crippen molar-refractivity contribution in [1.29, 1.82) is 0 Å². The summed E-state index contributed by atoms with van der Waals surface area (Å²) in [7, 11) is -2.10. The highest BCUT2D eigenvalue weighted by Crippen LogP contribution is 2.16. The van der Waals surface area contributed by atoms with Gasteiger partial charge in [0.2, 0.25) is 10.0 Å². The maximum Gasteiger partial charge on any atom is 0.303 e. The Hall–Kier alpha value is -2.38. The van der Waals surface area contributed by atoms with Gasteiger partial charge in [0.1, 0.15) is 5.75 Å². The van der Waals surface area contributed by atoms with Gasteiger partial charge in [0.15, 0.2) is 0 Å². The number of carboxylic acids is 1. The third kappa shape index (κ3) is 5.88. The van der Waals surface area contributed by atoms with Crippen molar-refractivity contribution >= 4 is 16.0 Å². The van der Waals surface area contributed by atoms with Crippen LogP contribution in [0.4, 0.5) is 0 Å². The second-order valence-corrected chi connectivity index (χ2v) is 7.30. The molecule has 25 heavy (non-hydrogen) atoms. The summed E-state index contributed by atoms with van der Waals surface area (Å²) < 4.78 is 32.2. The summed E-state index contributed by atoms with van der Waals surface area (Å²) in [6.07, 6.45) is 1.13. The molecule has 0 atom stereocenters. The summed E-state index contributed by atoms with van der Waals surface area (Å²) in [6.45, 7) is 0.272. The first-order valence-electron chi connectivity index (χ1n) is 7.84. The van der Waals surface area contributed by atoms with E-state index in [-0.39, 0.29) is 17.9 Å². The molecule has 0 saturated heterocycles. The average Bonchev–Trinajstić information content (AvgIpc) is 2.61. The quantitative estimate of drug-likeness (QED) is 0.713. The lowest BCUT2D eigenvalue weighted by Crippen LogP contribution is -2.26. The van der Waals surface area contributed by atoms with Gasteiger partial charge in [0, 0.05) is 19.0 Å². The van der Waals surface area contributed by atoms with Crippen molar-refractivity contribution in [2.45, 2.75) is 24.2 Å². The van der Waals surface area contributed by atoms with Crippen LogP contribution in [0.5, 0.6) is 5.75 Å². The highest BCUT2D eigenvalue weighted by Gasteiger charge is 2.14. The normalized spacial score (nSPS) is 11.2. The van der Waals surface area contributed by atoms with Crippen LogP contribution in [0.3, 0.4) is 0 Å². The van der Waals surface area contributed by atoms with Gasteiger partial charge < -0.3 is 9.84 Å². The van der Waals surface area contributed by atoms with E-state index in [0.717, 1.165) is 11.1 Å². The van der Waals surface area contributed by atoms with Crippen LogP contribution in [-0.4, -0.2) is 33.1 Å². The molecule has 2 aromatic rings. The van der Waals surface area contributed by atoms with Crippen molar-refractivity contribution in [2.75, 3.05) is 13.7 Å². The highest BCUT2D eigenvalue weighted by molar-refractivity contribution is 7.89. The van der Waals surface area contributed by atoms with Crippen molar-refractivity contribution in [3.8, 4) is 5.75 Å². The van der Waals surface area contributed by atoms with Crippen LogP contribution in [0.1, 0.15) is 17.5 Å². The minimum absolute atomic E-state index is 0.0969. The first-order valence-corrected chi connectivity index (χ1v) is 9.32. The van der Waals surface area contributed by atoms with Gasteiger partial charge in [-0.05, 0) is 36.1 Å². The molecular weight excluding hydrogens is 342 g/mol. The Morgan fingerprint density at radius 3 is 2.32 bits per heavy atom. The van der Waals surface area contributed by atoms with Crippen molar-refractivity contribution in [2.24, 2.45) is 0 Å². The maximum absolute atomic E-state index is 12.3. The standard InChI is InChI=1S/C18H21NO5S/c1-24-16-3-2-4-17(13-16)25(22,23)19-12-11-15-7-5-14(6-8-15)9-10-18(20)21/h2-8,13,19H,9-12H2,1H3,(H,20,21). The zero-order chi connectivity index (χ0) is 18.3. The summed E-state index contributed by atoms with van der Waals surface area (Å²) in [6, 6.07) is 13.8. The Morgan fingerprint density at radius 1 is 1.08 bits per heavy atom. The number of hydrogen-bond acceptors (Lipinski definition) is 4. The maximum atomic E-state index is 12.3. The van der Waals surface area contributed by atoms with Gasteiger partial charge in [-0.2, -0.15) is 0 Å². The molecular formula is C18H21NO5S. The number of nitrogens with one attached hydrogen (secondary N) is 1. The van der Waals surface area contributed by atoms with Crippen LogP contribution >= 0.6 is 0 Å². The number of methoxy groups -OCH3 is 1. The van der Waals surface area contributed by atoms with Crippen molar-refractivity contribution in [1.82, 2.24) is 4.72 Å². The van der Waals surface area contributed by atoms with Gasteiger partial charge in [-0.3, -0.25) is 4.79 Å². The van der Waals surface area contributed by atoms with E-state index >= 15 is 0 Å². The van der Waals surface area contributed by atoms with E-state index in [9.17, 15) is 13.2 Å². The molecule has 0 aromatic heterocycles. The largest absolute Gasteiger partial charge is 0.497 e. The number of carbonyl (C=O) groups is 1. The van der Waals surface area contributed by atoms with Crippen LogP contribution in [-0.2, 0) is 27.7 Å². The number of aliphatic carboxylic acids is 1. The lowest BCUT2D eigenvalue weighted by Gasteiger charge is -2.08. The number of aryl methyl sites for hydroxylation is 1. The molecule has 0 spiro atoms. The molecule has 0 unspecified atom stereocenters. The van der Waals surface area contributed by atoms with Crippen LogP contribution in [0.25, 0.3) is 0 Å². The lowest BCUT2D eigenvalue weighted by molar-refractivity contribution is -0.136. The van der Waals surface area contributed by atoms with Crippen LogP contribution < -0.4 is 9.46 Å². The molecule has 0 amide bonds. The van der Waals surface area contributed by atoms with E-state index in [1.807, 2.05) is 24.3 Å². The Labute approximate surface area is 147 Å². The number of carboxylic acid groups (broad SMARTS) is 1. The molecule has 0 radical (unpaired) electrons. The van der Waals surface area contributed by atoms with Crippen molar-refractivity contribution < 1.29 is 23.1 Å². The van der Waals surface area contributed by atoms with Gasteiger partial charge in [-0.1, -0.05) is 30.3 Å². The molecule has 0 aliphatic rings. The van der Waals surface area contributed by atoms with Gasteiger partial charge in [0.25, 0.3) is 0 Å². The summed E-state index contributed by atoms with van der Waals surface area (Å²) in [5.41, 5.74) is 1.93. The predicted molar refractivity (Wildman–Crippen MR) is 94.3 cm³/mol. The van der Waals surface area contributed by atoms with Crippen LogP contribution in [0, 0.1) is 0 Å². The molecule has 0 aliphatic carbocycles. The average molecular weight is 363 g/mol. The summed E-state index contributed by atoms with van der Waals surface area (Å²) >= 11 is 0. The Balaban J connectivity index is 1.89. The predicted octanol–water partition coefficient (Wildman–Crippen LogP) is 2.23. The summed E-state index contributed by atoms with van der Waals surface area (Å²) in [4.78, 5) is 10.7. The van der Waals surface area contributed by atoms with Gasteiger partial charge in [-0.25, -0.2) is 13.1 Å². The van der Waals surface area contributed by atoms with E-state index in [2.05, 4.69) is 4.72 Å². The number of rotatable bonds is 9.